The first-order chi connectivity index (χ1) is 19.3. The SMILES string of the molecule is CC([P+](=O)[O-])[N+](C)(C)CCC(O)O.CCCCCCCCC=CCCCCCCCCCCCC(=O)C(C)(O)CO. The number of Topliss-reactive ketones (excluding diaryl/α,β-unsaturated/α-hetero) is 1. The molecular formula is C32H65NO7P+. The van der Waals surface area contributed by atoms with Crippen LogP contribution in [0.3, 0.4) is 0 Å². The summed E-state index contributed by atoms with van der Waals surface area (Å²) in [7, 11) is 1.02. The predicted octanol–water partition coefficient (Wildman–Crippen LogP) is 6.11. The molecule has 0 heterocycles. The van der Waals surface area contributed by atoms with Crippen molar-refractivity contribution < 1.29 is 39.2 Å². The zero-order valence-electron chi connectivity index (χ0n) is 27.1. The first-order valence-electron chi connectivity index (χ1n) is 16.2. The van der Waals surface area contributed by atoms with Crippen molar-refractivity contribution in [3.63, 3.8) is 0 Å². The number of carbonyl (C=O) groups excluding carboxylic acids is 1. The minimum Gasteiger partial charge on any atom is -0.591 e. The molecule has 0 aromatic carbocycles. The summed E-state index contributed by atoms with van der Waals surface area (Å²) < 4.78 is 10.9. The van der Waals surface area contributed by atoms with E-state index < -0.39 is 32.3 Å². The number of unbranched alkanes of at least 4 members (excludes halogenated alkanes) is 15. The second-order valence-corrected chi connectivity index (χ2v) is 13.6. The molecule has 0 amide bonds. The number of carbonyl (C=O) groups is 1. The van der Waals surface area contributed by atoms with Crippen molar-refractivity contribution in [1.82, 2.24) is 0 Å². The average Bonchev–Trinajstić information content (AvgIpc) is 2.92. The summed E-state index contributed by atoms with van der Waals surface area (Å²) in [6.45, 7) is 5.20. The molecule has 3 atom stereocenters. The van der Waals surface area contributed by atoms with Crippen LogP contribution < -0.4 is 4.89 Å². The second-order valence-electron chi connectivity index (χ2n) is 12.3. The Morgan fingerprint density at radius 3 is 1.66 bits per heavy atom. The van der Waals surface area contributed by atoms with Crippen molar-refractivity contribution in [2.24, 2.45) is 0 Å². The lowest BCUT2D eigenvalue weighted by molar-refractivity contribution is -0.901. The van der Waals surface area contributed by atoms with Gasteiger partial charge in [-0.15, -0.1) is 0 Å². The van der Waals surface area contributed by atoms with E-state index in [1.807, 2.05) is 0 Å². The van der Waals surface area contributed by atoms with Crippen molar-refractivity contribution in [3.05, 3.63) is 12.2 Å². The number of hydrogen-bond acceptors (Lipinski definition) is 7. The molecule has 0 aliphatic rings. The van der Waals surface area contributed by atoms with E-state index in [0.29, 0.717) is 13.0 Å². The molecule has 0 rings (SSSR count). The quantitative estimate of drug-likeness (QED) is 0.0306. The van der Waals surface area contributed by atoms with Crippen LogP contribution in [0, 0.1) is 0 Å². The molecule has 0 aliphatic heterocycles. The monoisotopic (exact) mass is 606 g/mol. The number of aliphatic hydroxyl groups excluding tert-OH is 2. The highest BCUT2D eigenvalue weighted by Gasteiger charge is 2.33. The van der Waals surface area contributed by atoms with Gasteiger partial charge in [0, 0.05) is 19.8 Å². The molecule has 0 bridgehead atoms. The normalized spacial score (nSPS) is 14.6. The van der Waals surface area contributed by atoms with Gasteiger partial charge in [-0.3, -0.25) is 9.28 Å². The Morgan fingerprint density at radius 1 is 0.854 bits per heavy atom. The van der Waals surface area contributed by atoms with E-state index in [1.165, 1.54) is 96.8 Å². The van der Waals surface area contributed by atoms with Crippen molar-refractivity contribution in [2.75, 3.05) is 27.2 Å². The van der Waals surface area contributed by atoms with E-state index in [2.05, 4.69) is 19.1 Å². The van der Waals surface area contributed by atoms with Gasteiger partial charge >= 0.3 is 8.03 Å². The van der Waals surface area contributed by atoms with Crippen LogP contribution >= 0.6 is 8.03 Å². The van der Waals surface area contributed by atoms with Crippen LogP contribution in [-0.4, -0.2) is 75.6 Å². The van der Waals surface area contributed by atoms with Gasteiger partial charge < -0.3 is 25.3 Å². The van der Waals surface area contributed by atoms with Crippen LogP contribution in [0.25, 0.3) is 0 Å². The topological polar surface area (TPSA) is 138 Å². The number of hydrogen-bond donors (Lipinski definition) is 4. The Morgan fingerprint density at radius 2 is 1.27 bits per heavy atom. The van der Waals surface area contributed by atoms with Crippen molar-refractivity contribution in [1.29, 1.82) is 0 Å². The van der Waals surface area contributed by atoms with E-state index in [0.717, 1.165) is 19.3 Å². The first kappa shape index (κ1) is 42.4. The Labute approximate surface area is 252 Å². The van der Waals surface area contributed by atoms with Gasteiger partial charge in [0.05, 0.1) is 27.2 Å². The van der Waals surface area contributed by atoms with E-state index in [1.54, 1.807) is 21.0 Å². The number of ketones is 1. The highest BCUT2D eigenvalue weighted by atomic mass is 31.1. The molecule has 0 aromatic rings. The molecule has 0 saturated carbocycles. The van der Waals surface area contributed by atoms with Crippen LogP contribution in [0.15, 0.2) is 12.2 Å². The lowest BCUT2D eigenvalue weighted by Gasteiger charge is -2.30. The summed E-state index contributed by atoms with van der Waals surface area (Å²) in [4.78, 5) is 22.4. The lowest BCUT2D eigenvalue weighted by Crippen LogP contribution is -2.48. The smallest absolute Gasteiger partial charge is 0.372 e. The molecule has 9 heteroatoms. The minimum absolute atomic E-state index is 0.181. The molecule has 0 radical (unpaired) electrons. The van der Waals surface area contributed by atoms with Gasteiger partial charge in [0.15, 0.2) is 12.1 Å². The Hall–Kier alpha value is -0.730. The molecule has 3 unspecified atom stereocenters. The van der Waals surface area contributed by atoms with Crippen molar-refractivity contribution in [2.45, 2.75) is 160 Å². The van der Waals surface area contributed by atoms with Crippen LogP contribution in [0.4, 0.5) is 0 Å². The van der Waals surface area contributed by atoms with Gasteiger partial charge in [-0.2, -0.15) is 0 Å². The molecule has 0 saturated heterocycles. The van der Waals surface area contributed by atoms with E-state index >= 15 is 0 Å². The predicted molar refractivity (Wildman–Crippen MR) is 168 cm³/mol. The average molecular weight is 607 g/mol. The maximum Gasteiger partial charge on any atom is 0.372 e. The fourth-order valence-electron chi connectivity index (χ4n) is 4.31. The minimum atomic E-state index is -2.47. The molecule has 244 valence electrons. The van der Waals surface area contributed by atoms with E-state index in [-0.39, 0.29) is 16.7 Å². The summed E-state index contributed by atoms with van der Waals surface area (Å²) in [6.07, 6.45) is 25.6. The fraction of sp³-hybridized carbons (Fsp3) is 0.906. The highest BCUT2D eigenvalue weighted by molar-refractivity contribution is 7.37. The number of nitrogens with zero attached hydrogens (tertiary/aromatic N) is 1. The maximum atomic E-state index is 11.7. The molecule has 0 aliphatic carbocycles. The third kappa shape index (κ3) is 26.6. The standard InChI is InChI=1S/C25H48O3.C7H17NO4P/c1-3-4-5-6-7-8-9-10-11-12-13-14-15-16-17-18-19-20-21-22-24(27)25(2,28)23-26;1-6(13(11)12)8(2,3)5-4-7(9)10/h10-11,26,28H,3-9,12-23H2,1-2H3;6-7,9-10H,4-5H2,1-3H3/q;+1. The number of aliphatic hydroxyl groups is 4. The molecule has 0 spiro atoms. The second kappa shape index (κ2) is 26.9. The van der Waals surface area contributed by atoms with Crippen LogP contribution in [0.5, 0.6) is 0 Å². The van der Waals surface area contributed by atoms with E-state index in [9.17, 15) is 19.4 Å². The summed E-state index contributed by atoms with van der Waals surface area (Å²) in [5.74, 6) is -0.746. The summed E-state index contributed by atoms with van der Waals surface area (Å²) in [6, 6.07) is 0. The molecular weight excluding hydrogens is 541 g/mol. The first-order valence-corrected chi connectivity index (χ1v) is 17.4. The van der Waals surface area contributed by atoms with Crippen molar-refractivity contribution >= 4 is 13.8 Å². The fourth-order valence-corrected chi connectivity index (χ4v) is 4.94. The molecule has 4 N–H and O–H groups in total. The van der Waals surface area contributed by atoms with Gasteiger partial charge in [0.2, 0.25) is 0 Å². The Kier molecular flexibility index (Phi) is 27.8. The maximum absolute atomic E-state index is 11.7. The van der Waals surface area contributed by atoms with Crippen molar-refractivity contribution in [3.8, 4) is 0 Å². The summed E-state index contributed by atoms with van der Waals surface area (Å²) in [5.41, 5.74) is -1.55. The molecule has 0 aromatic heterocycles. The van der Waals surface area contributed by atoms with Gasteiger partial charge in [-0.05, 0) is 39.0 Å². The number of quaternary nitrogens is 1. The van der Waals surface area contributed by atoms with Gasteiger partial charge in [0.25, 0.3) is 5.78 Å². The Bertz CT molecular complexity index is 668. The summed E-state index contributed by atoms with van der Waals surface area (Å²) >= 11 is 0. The van der Waals surface area contributed by atoms with Gasteiger partial charge in [0.1, 0.15) is 5.60 Å². The van der Waals surface area contributed by atoms with Crippen LogP contribution in [0.2, 0.25) is 0 Å². The zero-order valence-corrected chi connectivity index (χ0v) is 28.0. The van der Waals surface area contributed by atoms with Crippen LogP contribution in [-0.2, 0) is 9.36 Å². The number of allylic oxidation sites excluding steroid dienone is 2. The van der Waals surface area contributed by atoms with Gasteiger partial charge in [-0.1, -0.05) is 101 Å². The molecule has 41 heavy (non-hydrogen) atoms. The lowest BCUT2D eigenvalue weighted by atomic mass is 9.96. The number of rotatable bonds is 26. The van der Waals surface area contributed by atoms with Crippen LogP contribution in [0.1, 0.15) is 143 Å². The molecule has 8 nitrogen and oxygen atoms in total. The third-order valence-electron chi connectivity index (χ3n) is 7.85. The largest absolute Gasteiger partial charge is 0.591 e. The van der Waals surface area contributed by atoms with Gasteiger partial charge in [-0.25, -0.2) is 0 Å². The Balaban J connectivity index is 0. The zero-order chi connectivity index (χ0) is 31.6. The van der Waals surface area contributed by atoms with E-state index in [4.69, 9.17) is 15.3 Å². The summed E-state index contributed by atoms with van der Waals surface area (Å²) in [5, 5.41) is 35.8. The third-order valence-corrected chi connectivity index (χ3v) is 9.09. The molecule has 0 fully saturated rings. The highest BCUT2D eigenvalue weighted by Crippen LogP contribution is 2.25.